The number of aromatic nitrogens is 3. The molecule has 0 fully saturated rings. The number of aryl methyl sites for hydroxylation is 1. The predicted octanol–water partition coefficient (Wildman–Crippen LogP) is 7.58. The van der Waals surface area contributed by atoms with Gasteiger partial charge in [0.1, 0.15) is 5.82 Å². The molecule has 3 nitrogen and oxygen atoms in total. The standard InChI is InChI=1S/C30H33N3/c1-20(2)17-23-19-24(18-21(3)4)29(27-25-13-9-10-14-26(25)32(5)28(23)27)33-16-15-31-30(33)22-11-7-6-8-12-22/h6-16,19-21H,17-18H2,1-5H3. The lowest BCUT2D eigenvalue weighted by Crippen LogP contribution is -2.08. The number of rotatable bonds is 6. The molecule has 0 saturated heterocycles. The number of imidazole rings is 1. The predicted molar refractivity (Wildman–Crippen MR) is 140 cm³/mol. The summed E-state index contributed by atoms with van der Waals surface area (Å²) in [4.78, 5) is 4.80. The van der Waals surface area contributed by atoms with Crippen molar-refractivity contribution in [2.45, 2.75) is 40.5 Å². The van der Waals surface area contributed by atoms with E-state index in [4.69, 9.17) is 4.98 Å². The second-order valence-corrected chi connectivity index (χ2v) is 10.0. The van der Waals surface area contributed by atoms with Crippen molar-refractivity contribution in [3.63, 3.8) is 0 Å². The summed E-state index contributed by atoms with van der Waals surface area (Å²) < 4.78 is 4.71. The van der Waals surface area contributed by atoms with Gasteiger partial charge in [0.05, 0.1) is 11.2 Å². The van der Waals surface area contributed by atoms with Crippen LogP contribution in [0.5, 0.6) is 0 Å². The summed E-state index contributed by atoms with van der Waals surface area (Å²) in [6.45, 7) is 9.25. The zero-order valence-electron chi connectivity index (χ0n) is 20.3. The second kappa shape index (κ2) is 8.55. The van der Waals surface area contributed by atoms with Crippen molar-refractivity contribution in [3.05, 3.63) is 84.2 Å². The van der Waals surface area contributed by atoms with Crippen LogP contribution in [0.1, 0.15) is 38.8 Å². The first-order chi connectivity index (χ1) is 16.0. The van der Waals surface area contributed by atoms with Crippen LogP contribution < -0.4 is 0 Å². The topological polar surface area (TPSA) is 22.8 Å². The van der Waals surface area contributed by atoms with Crippen molar-refractivity contribution in [1.29, 1.82) is 0 Å². The molecule has 0 aliphatic heterocycles. The Morgan fingerprint density at radius 2 is 1.48 bits per heavy atom. The Bertz CT molecular complexity index is 1420. The molecule has 2 aromatic heterocycles. The van der Waals surface area contributed by atoms with Crippen molar-refractivity contribution >= 4 is 21.8 Å². The summed E-state index contributed by atoms with van der Waals surface area (Å²) in [5.74, 6) is 2.15. The molecule has 5 rings (SSSR count). The molecule has 0 unspecified atom stereocenters. The Hall–Kier alpha value is -3.33. The van der Waals surface area contributed by atoms with Crippen molar-refractivity contribution < 1.29 is 0 Å². The fourth-order valence-corrected chi connectivity index (χ4v) is 5.27. The van der Waals surface area contributed by atoms with E-state index >= 15 is 0 Å². The zero-order chi connectivity index (χ0) is 23.1. The van der Waals surface area contributed by atoms with Gasteiger partial charge in [0.25, 0.3) is 0 Å². The maximum atomic E-state index is 4.80. The highest BCUT2D eigenvalue weighted by molar-refractivity contribution is 6.14. The van der Waals surface area contributed by atoms with Gasteiger partial charge in [0.2, 0.25) is 0 Å². The van der Waals surface area contributed by atoms with Gasteiger partial charge in [-0.3, -0.25) is 4.57 Å². The molecular weight excluding hydrogens is 402 g/mol. The largest absolute Gasteiger partial charge is 0.343 e. The minimum Gasteiger partial charge on any atom is -0.343 e. The lowest BCUT2D eigenvalue weighted by molar-refractivity contribution is 0.636. The highest BCUT2D eigenvalue weighted by Crippen LogP contribution is 2.40. The van der Waals surface area contributed by atoms with Crippen LogP contribution in [0.4, 0.5) is 0 Å². The first-order valence-electron chi connectivity index (χ1n) is 12.1. The van der Waals surface area contributed by atoms with E-state index in [0.717, 1.165) is 24.2 Å². The van der Waals surface area contributed by atoms with Gasteiger partial charge in [-0.15, -0.1) is 0 Å². The molecule has 0 saturated carbocycles. The van der Waals surface area contributed by atoms with E-state index in [2.05, 4.69) is 111 Å². The first-order valence-corrected chi connectivity index (χ1v) is 12.1. The molecule has 3 aromatic carbocycles. The number of fused-ring (bicyclic) bond motifs is 3. The molecule has 2 heterocycles. The summed E-state index contributed by atoms with van der Waals surface area (Å²) in [6.07, 6.45) is 6.17. The Labute approximate surface area is 196 Å². The van der Waals surface area contributed by atoms with E-state index in [1.807, 2.05) is 6.20 Å². The van der Waals surface area contributed by atoms with Crippen LogP contribution in [-0.4, -0.2) is 14.1 Å². The number of benzene rings is 3. The number of nitrogens with zero attached hydrogens (tertiary/aromatic N) is 3. The summed E-state index contributed by atoms with van der Waals surface area (Å²) in [6, 6.07) is 21.8. The summed E-state index contributed by atoms with van der Waals surface area (Å²) in [5, 5.41) is 2.66. The van der Waals surface area contributed by atoms with Gasteiger partial charge >= 0.3 is 0 Å². The third-order valence-corrected chi connectivity index (χ3v) is 6.47. The smallest absolute Gasteiger partial charge is 0.144 e. The van der Waals surface area contributed by atoms with E-state index in [1.54, 1.807) is 0 Å². The van der Waals surface area contributed by atoms with Gasteiger partial charge in [0.15, 0.2) is 0 Å². The van der Waals surface area contributed by atoms with Crippen LogP contribution in [0.2, 0.25) is 0 Å². The zero-order valence-corrected chi connectivity index (χ0v) is 20.3. The normalized spacial score (nSPS) is 12.0. The molecule has 0 aliphatic carbocycles. The Morgan fingerprint density at radius 1 is 0.818 bits per heavy atom. The van der Waals surface area contributed by atoms with Gasteiger partial charge in [-0.2, -0.15) is 0 Å². The van der Waals surface area contributed by atoms with Crippen molar-refractivity contribution in [2.75, 3.05) is 0 Å². The molecule has 3 heteroatoms. The second-order valence-electron chi connectivity index (χ2n) is 10.0. The molecular formula is C30H33N3. The van der Waals surface area contributed by atoms with Crippen LogP contribution in [0.25, 0.3) is 38.9 Å². The van der Waals surface area contributed by atoms with E-state index in [1.165, 1.54) is 38.6 Å². The number of para-hydroxylation sites is 1. The minimum absolute atomic E-state index is 0.562. The van der Waals surface area contributed by atoms with Crippen LogP contribution >= 0.6 is 0 Å². The molecule has 5 aromatic rings. The van der Waals surface area contributed by atoms with E-state index in [-0.39, 0.29) is 0 Å². The average molecular weight is 436 g/mol. The molecule has 168 valence electrons. The number of hydrogen-bond acceptors (Lipinski definition) is 1. The van der Waals surface area contributed by atoms with Crippen LogP contribution in [0.15, 0.2) is 73.1 Å². The minimum atomic E-state index is 0.562. The van der Waals surface area contributed by atoms with E-state index in [0.29, 0.717) is 11.8 Å². The van der Waals surface area contributed by atoms with Gasteiger partial charge < -0.3 is 4.57 Å². The lowest BCUT2D eigenvalue weighted by atomic mass is 9.92. The number of hydrogen-bond donors (Lipinski definition) is 0. The molecule has 0 bridgehead atoms. The Balaban J connectivity index is 1.93. The third-order valence-electron chi connectivity index (χ3n) is 6.47. The van der Waals surface area contributed by atoms with Gasteiger partial charge in [-0.25, -0.2) is 4.98 Å². The monoisotopic (exact) mass is 435 g/mol. The maximum absolute atomic E-state index is 4.80. The van der Waals surface area contributed by atoms with Crippen LogP contribution in [0, 0.1) is 11.8 Å². The molecule has 0 spiro atoms. The maximum Gasteiger partial charge on any atom is 0.144 e. The highest BCUT2D eigenvalue weighted by Gasteiger charge is 2.23. The molecule has 0 N–H and O–H groups in total. The fraction of sp³-hybridized carbons (Fsp3) is 0.300. The third kappa shape index (κ3) is 3.76. The highest BCUT2D eigenvalue weighted by atomic mass is 15.1. The molecule has 0 amide bonds. The van der Waals surface area contributed by atoms with Crippen molar-refractivity contribution in [2.24, 2.45) is 18.9 Å². The quantitative estimate of drug-likeness (QED) is 0.269. The molecule has 33 heavy (non-hydrogen) atoms. The van der Waals surface area contributed by atoms with Crippen molar-refractivity contribution in [3.8, 4) is 17.1 Å². The van der Waals surface area contributed by atoms with E-state index in [9.17, 15) is 0 Å². The molecule has 0 aliphatic rings. The first kappa shape index (κ1) is 21.5. The Morgan fingerprint density at radius 3 is 2.21 bits per heavy atom. The van der Waals surface area contributed by atoms with Crippen molar-refractivity contribution in [1.82, 2.24) is 14.1 Å². The van der Waals surface area contributed by atoms with Gasteiger partial charge in [0, 0.05) is 41.3 Å². The average Bonchev–Trinajstić information content (AvgIpc) is 3.38. The van der Waals surface area contributed by atoms with Gasteiger partial charge in [-0.05, 0) is 41.9 Å². The van der Waals surface area contributed by atoms with Crippen LogP contribution in [0.3, 0.4) is 0 Å². The summed E-state index contributed by atoms with van der Waals surface area (Å²) in [5.41, 5.74) is 7.89. The van der Waals surface area contributed by atoms with Crippen LogP contribution in [-0.2, 0) is 19.9 Å². The van der Waals surface area contributed by atoms with Gasteiger partial charge in [-0.1, -0.05) is 82.3 Å². The Kier molecular flexibility index (Phi) is 5.57. The molecule has 0 atom stereocenters. The lowest BCUT2D eigenvalue weighted by Gasteiger charge is -2.20. The van der Waals surface area contributed by atoms with E-state index < -0.39 is 0 Å². The fourth-order valence-electron chi connectivity index (χ4n) is 5.27. The SMILES string of the molecule is CC(C)Cc1cc(CC(C)C)c2c(c1-n1ccnc1-c1ccccc1)c1ccccc1n2C. The molecule has 0 radical (unpaired) electrons. The summed E-state index contributed by atoms with van der Waals surface area (Å²) >= 11 is 0. The summed E-state index contributed by atoms with van der Waals surface area (Å²) in [7, 11) is 2.21.